The van der Waals surface area contributed by atoms with Crippen molar-refractivity contribution in [2.24, 2.45) is 11.3 Å². The molecule has 1 saturated heterocycles. The van der Waals surface area contributed by atoms with E-state index in [2.05, 4.69) is 37.9 Å². The molecule has 0 aromatic heterocycles. The lowest BCUT2D eigenvalue weighted by Crippen LogP contribution is -2.63. The highest BCUT2D eigenvalue weighted by molar-refractivity contribution is 5.65. The van der Waals surface area contributed by atoms with Crippen LogP contribution in [0.4, 0.5) is 4.79 Å². The van der Waals surface area contributed by atoms with E-state index in [-0.39, 0.29) is 11.5 Å². The second-order valence-corrected chi connectivity index (χ2v) is 8.63. The predicted molar refractivity (Wildman–Crippen MR) is 98.5 cm³/mol. The van der Waals surface area contributed by atoms with Crippen molar-refractivity contribution in [3.63, 3.8) is 0 Å². The van der Waals surface area contributed by atoms with E-state index in [4.69, 9.17) is 0 Å². The van der Waals surface area contributed by atoms with E-state index in [0.717, 1.165) is 32.1 Å². The van der Waals surface area contributed by atoms with Crippen LogP contribution in [0.3, 0.4) is 0 Å². The molecule has 5 nitrogen and oxygen atoms in total. The zero-order valence-corrected chi connectivity index (χ0v) is 16.1. The van der Waals surface area contributed by atoms with Gasteiger partial charge in [0.1, 0.15) is 0 Å². The van der Waals surface area contributed by atoms with Crippen LogP contribution in [0.25, 0.3) is 0 Å². The summed E-state index contributed by atoms with van der Waals surface area (Å²) < 4.78 is 0. The van der Waals surface area contributed by atoms with Crippen LogP contribution in [0.1, 0.15) is 59.8 Å². The number of likely N-dealkylation sites (N-methyl/N-ethyl adjacent to an activating group) is 1. The molecule has 24 heavy (non-hydrogen) atoms. The van der Waals surface area contributed by atoms with Crippen molar-refractivity contribution in [3.05, 3.63) is 0 Å². The fourth-order valence-electron chi connectivity index (χ4n) is 4.48. The second-order valence-electron chi connectivity index (χ2n) is 8.63. The number of amides is 1. The summed E-state index contributed by atoms with van der Waals surface area (Å²) in [5.74, 6) is 0.759. The Balaban J connectivity index is 2.12. The zero-order chi connectivity index (χ0) is 17.7. The SMILES string of the molecule is CCNCC(C1CCCCC1)N1CCN(C(=O)O)C(C(C)(C)C)C1. The van der Waals surface area contributed by atoms with Crippen LogP contribution < -0.4 is 5.32 Å². The summed E-state index contributed by atoms with van der Waals surface area (Å²) in [6.07, 6.45) is 5.97. The van der Waals surface area contributed by atoms with Crippen LogP contribution >= 0.6 is 0 Å². The first-order valence-electron chi connectivity index (χ1n) is 9.79. The van der Waals surface area contributed by atoms with Crippen molar-refractivity contribution >= 4 is 6.09 Å². The van der Waals surface area contributed by atoms with E-state index >= 15 is 0 Å². The molecule has 0 bridgehead atoms. The molecule has 1 aliphatic heterocycles. The molecule has 2 atom stereocenters. The Labute approximate surface area is 147 Å². The monoisotopic (exact) mass is 339 g/mol. The van der Waals surface area contributed by atoms with Crippen LogP contribution in [0.5, 0.6) is 0 Å². The van der Waals surface area contributed by atoms with Gasteiger partial charge in [-0.25, -0.2) is 4.79 Å². The van der Waals surface area contributed by atoms with Crippen molar-refractivity contribution in [2.45, 2.75) is 71.9 Å². The average Bonchev–Trinajstić information content (AvgIpc) is 2.55. The minimum Gasteiger partial charge on any atom is -0.465 e. The first-order valence-corrected chi connectivity index (χ1v) is 9.79. The van der Waals surface area contributed by atoms with E-state index in [0.29, 0.717) is 12.6 Å². The third-order valence-corrected chi connectivity index (χ3v) is 5.92. The van der Waals surface area contributed by atoms with E-state index in [1.54, 1.807) is 4.90 Å². The Hall–Kier alpha value is -0.810. The largest absolute Gasteiger partial charge is 0.465 e. The second kappa shape index (κ2) is 8.52. The normalized spacial score (nSPS) is 25.7. The number of hydrogen-bond donors (Lipinski definition) is 2. The van der Waals surface area contributed by atoms with Gasteiger partial charge in [0.25, 0.3) is 0 Å². The molecule has 2 fully saturated rings. The molecule has 1 heterocycles. The van der Waals surface area contributed by atoms with Crippen molar-refractivity contribution in [2.75, 3.05) is 32.7 Å². The molecule has 1 amide bonds. The third kappa shape index (κ3) is 4.85. The smallest absolute Gasteiger partial charge is 0.407 e. The summed E-state index contributed by atoms with van der Waals surface area (Å²) in [5, 5.41) is 13.1. The van der Waals surface area contributed by atoms with Gasteiger partial charge in [0.15, 0.2) is 0 Å². The maximum atomic E-state index is 11.7. The van der Waals surface area contributed by atoms with Crippen molar-refractivity contribution in [1.29, 1.82) is 0 Å². The summed E-state index contributed by atoms with van der Waals surface area (Å²) in [6.45, 7) is 13.1. The highest BCUT2D eigenvalue weighted by Crippen LogP contribution is 2.33. The number of piperazine rings is 1. The first-order chi connectivity index (χ1) is 11.3. The van der Waals surface area contributed by atoms with Gasteiger partial charge < -0.3 is 15.3 Å². The Morgan fingerprint density at radius 3 is 2.42 bits per heavy atom. The van der Waals surface area contributed by atoms with E-state index in [1.807, 2.05) is 0 Å². The van der Waals surface area contributed by atoms with Crippen LogP contribution in [0.2, 0.25) is 0 Å². The lowest BCUT2D eigenvalue weighted by atomic mass is 9.80. The summed E-state index contributed by atoms with van der Waals surface area (Å²) in [6, 6.07) is 0.613. The number of carbonyl (C=O) groups is 1. The third-order valence-electron chi connectivity index (χ3n) is 5.92. The molecule has 2 rings (SSSR count). The van der Waals surface area contributed by atoms with E-state index in [9.17, 15) is 9.90 Å². The minimum atomic E-state index is -0.768. The molecule has 2 N–H and O–H groups in total. The summed E-state index contributed by atoms with van der Waals surface area (Å²) in [7, 11) is 0. The minimum absolute atomic E-state index is 0.0354. The maximum absolute atomic E-state index is 11.7. The number of nitrogens with one attached hydrogen (secondary N) is 1. The number of carboxylic acid groups (broad SMARTS) is 1. The van der Waals surface area contributed by atoms with Crippen LogP contribution in [0, 0.1) is 11.3 Å². The van der Waals surface area contributed by atoms with Gasteiger partial charge in [-0.3, -0.25) is 4.90 Å². The lowest BCUT2D eigenvalue weighted by molar-refractivity contribution is -0.00873. The highest BCUT2D eigenvalue weighted by atomic mass is 16.4. The molecule has 2 unspecified atom stereocenters. The quantitative estimate of drug-likeness (QED) is 0.807. The number of nitrogens with zero attached hydrogens (tertiary/aromatic N) is 2. The Bertz CT molecular complexity index is 402. The van der Waals surface area contributed by atoms with E-state index < -0.39 is 6.09 Å². The molecule has 2 aliphatic rings. The molecule has 0 radical (unpaired) electrons. The topological polar surface area (TPSA) is 55.8 Å². The zero-order valence-electron chi connectivity index (χ0n) is 16.1. The average molecular weight is 340 g/mol. The molecular formula is C19H37N3O2. The Kier molecular flexibility index (Phi) is 6.93. The van der Waals surface area contributed by atoms with Gasteiger partial charge in [-0.05, 0) is 30.7 Å². The molecule has 0 aromatic carbocycles. The van der Waals surface area contributed by atoms with Gasteiger partial charge >= 0.3 is 6.09 Å². The van der Waals surface area contributed by atoms with Crippen LogP contribution in [-0.4, -0.2) is 65.8 Å². The molecule has 140 valence electrons. The Morgan fingerprint density at radius 1 is 1.21 bits per heavy atom. The van der Waals surface area contributed by atoms with Gasteiger partial charge in [0, 0.05) is 32.2 Å². The van der Waals surface area contributed by atoms with Crippen molar-refractivity contribution in [1.82, 2.24) is 15.1 Å². The van der Waals surface area contributed by atoms with E-state index in [1.165, 1.54) is 32.1 Å². The number of rotatable bonds is 5. The fourth-order valence-corrected chi connectivity index (χ4v) is 4.48. The lowest BCUT2D eigenvalue weighted by Gasteiger charge is -2.50. The maximum Gasteiger partial charge on any atom is 0.407 e. The summed E-state index contributed by atoms with van der Waals surface area (Å²) in [5.41, 5.74) is -0.0354. The summed E-state index contributed by atoms with van der Waals surface area (Å²) in [4.78, 5) is 15.9. The molecule has 0 aromatic rings. The highest BCUT2D eigenvalue weighted by Gasteiger charge is 2.41. The van der Waals surface area contributed by atoms with Crippen molar-refractivity contribution in [3.8, 4) is 0 Å². The molecule has 1 aliphatic carbocycles. The standard InChI is InChI=1S/C19H37N3O2/c1-5-20-13-16(15-9-7-6-8-10-15)21-11-12-22(18(23)24)17(14-21)19(2,3)4/h15-17,20H,5-14H2,1-4H3,(H,23,24). The van der Waals surface area contributed by atoms with Gasteiger partial charge in [-0.1, -0.05) is 47.0 Å². The van der Waals surface area contributed by atoms with Gasteiger partial charge in [0.2, 0.25) is 0 Å². The fraction of sp³-hybridized carbons (Fsp3) is 0.947. The number of hydrogen-bond acceptors (Lipinski definition) is 3. The van der Waals surface area contributed by atoms with Gasteiger partial charge in [-0.15, -0.1) is 0 Å². The first kappa shape index (κ1) is 19.5. The van der Waals surface area contributed by atoms with Crippen LogP contribution in [-0.2, 0) is 0 Å². The predicted octanol–water partition coefficient (Wildman–Crippen LogP) is 3.26. The Morgan fingerprint density at radius 2 is 1.88 bits per heavy atom. The van der Waals surface area contributed by atoms with Gasteiger partial charge in [-0.2, -0.15) is 0 Å². The molecule has 0 spiro atoms. The molecule has 1 saturated carbocycles. The molecular weight excluding hydrogens is 302 g/mol. The summed E-state index contributed by atoms with van der Waals surface area (Å²) >= 11 is 0. The molecule has 5 heteroatoms. The van der Waals surface area contributed by atoms with Crippen LogP contribution in [0.15, 0.2) is 0 Å². The van der Waals surface area contributed by atoms with Crippen molar-refractivity contribution < 1.29 is 9.90 Å². The van der Waals surface area contributed by atoms with Gasteiger partial charge in [0.05, 0.1) is 6.04 Å².